The van der Waals surface area contributed by atoms with E-state index < -0.39 is 0 Å². The molecule has 6 nitrogen and oxygen atoms in total. The lowest BCUT2D eigenvalue weighted by molar-refractivity contribution is 0.351. The molecule has 0 bridgehead atoms. The van der Waals surface area contributed by atoms with Crippen molar-refractivity contribution in [1.29, 1.82) is 0 Å². The van der Waals surface area contributed by atoms with Crippen LogP contribution in [-0.2, 0) is 6.54 Å². The number of hydrogen-bond donors (Lipinski definition) is 1. The molecule has 0 radical (unpaired) electrons. The van der Waals surface area contributed by atoms with Gasteiger partial charge in [-0.15, -0.1) is 11.3 Å². The Labute approximate surface area is 165 Å². The first-order chi connectivity index (χ1) is 13.3. The van der Waals surface area contributed by atoms with Gasteiger partial charge in [-0.2, -0.15) is 0 Å². The highest BCUT2D eigenvalue weighted by atomic mass is 32.1. The van der Waals surface area contributed by atoms with E-state index >= 15 is 0 Å². The Morgan fingerprint density at radius 2 is 1.93 bits per heavy atom. The zero-order valence-electron chi connectivity index (χ0n) is 16.3. The van der Waals surface area contributed by atoms with E-state index in [1.807, 2.05) is 18.2 Å². The van der Waals surface area contributed by atoms with Gasteiger partial charge in [0.2, 0.25) is 0 Å². The van der Waals surface area contributed by atoms with Gasteiger partial charge in [0.15, 0.2) is 17.5 Å². The molecule has 0 saturated carbocycles. The maximum Gasteiger partial charge on any atom is 0.194 e. The fourth-order valence-electron chi connectivity index (χ4n) is 3.25. The molecule has 0 atom stereocenters. The molecule has 1 aliphatic rings. The van der Waals surface area contributed by atoms with Crippen LogP contribution < -0.4 is 19.7 Å². The van der Waals surface area contributed by atoms with Crippen LogP contribution in [0.25, 0.3) is 0 Å². The van der Waals surface area contributed by atoms with Crippen molar-refractivity contribution in [2.24, 2.45) is 4.99 Å². The Kier molecular flexibility index (Phi) is 6.81. The van der Waals surface area contributed by atoms with Gasteiger partial charge in [-0.25, -0.2) is 4.99 Å². The molecule has 1 saturated heterocycles. The van der Waals surface area contributed by atoms with E-state index in [0.717, 1.165) is 55.7 Å². The summed E-state index contributed by atoms with van der Waals surface area (Å²) in [6, 6.07) is 10.2. The molecule has 1 aromatic heterocycles. The van der Waals surface area contributed by atoms with Crippen LogP contribution in [0.5, 0.6) is 11.5 Å². The first kappa shape index (κ1) is 19.4. The van der Waals surface area contributed by atoms with Gasteiger partial charge in [0, 0.05) is 38.3 Å². The van der Waals surface area contributed by atoms with Gasteiger partial charge in [-0.1, -0.05) is 12.1 Å². The summed E-state index contributed by atoms with van der Waals surface area (Å²) in [7, 11) is 3.32. The van der Waals surface area contributed by atoms with Crippen molar-refractivity contribution in [2.75, 3.05) is 51.8 Å². The first-order valence-corrected chi connectivity index (χ1v) is 10.2. The van der Waals surface area contributed by atoms with Crippen LogP contribution in [0.3, 0.4) is 0 Å². The molecule has 1 fully saturated rings. The molecular weight excluding hydrogens is 360 g/mol. The van der Waals surface area contributed by atoms with Crippen LogP contribution in [0, 0.1) is 0 Å². The van der Waals surface area contributed by atoms with E-state index in [9.17, 15) is 0 Å². The zero-order valence-corrected chi connectivity index (χ0v) is 17.1. The Balaban J connectivity index is 1.69. The Bertz CT molecular complexity index is 740. The summed E-state index contributed by atoms with van der Waals surface area (Å²) in [5.41, 5.74) is 1.02. The zero-order chi connectivity index (χ0) is 19.1. The van der Waals surface area contributed by atoms with E-state index in [4.69, 9.17) is 14.5 Å². The molecule has 1 aromatic carbocycles. The number of hydrogen-bond acceptors (Lipinski definition) is 5. The van der Waals surface area contributed by atoms with E-state index in [1.54, 1.807) is 25.6 Å². The molecule has 2 aromatic rings. The molecule has 1 aliphatic heterocycles. The van der Waals surface area contributed by atoms with Crippen LogP contribution in [0.2, 0.25) is 0 Å². The number of thiophene rings is 1. The van der Waals surface area contributed by atoms with Crippen molar-refractivity contribution in [3.8, 4) is 11.5 Å². The first-order valence-electron chi connectivity index (χ1n) is 9.28. The van der Waals surface area contributed by atoms with E-state index in [1.165, 1.54) is 5.00 Å². The summed E-state index contributed by atoms with van der Waals surface area (Å²) in [6.45, 7) is 7.43. The minimum absolute atomic E-state index is 0.549. The van der Waals surface area contributed by atoms with Gasteiger partial charge in [-0.3, -0.25) is 0 Å². The number of ether oxygens (including phenoxy) is 2. The van der Waals surface area contributed by atoms with Gasteiger partial charge < -0.3 is 24.6 Å². The maximum absolute atomic E-state index is 5.53. The van der Waals surface area contributed by atoms with Crippen molar-refractivity contribution in [1.82, 2.24) is 10.2 Å². The van der Waals surface area contributed by atoms with Crippen molar-refractivity contribution < 1.29 is 9.47 Å². The lowest BCUT2D eigenvalue weighted by Gasteiger charge is -2.37. The molecule has 1 N–H and O–H groups in total. The summed E-state index contributed by atoms with van der Waals surface area (Å²) in [4.78, 5) is 9.63. The van der Waals surface area contributed by atoms with E-state index in [0.29, 0.717) is 6.54 Å². The molecule has 0 unspecified atom stereocenters. The molecule has 3 rings (SSSR count). The number of para-hydroxylation sites is 1. The molecule has 146 valence electrons. The largest absolute Gasteiger partial charge is 0.493 e. The summed E-state index contributed by atoms with van der Waals surface area (Å²) in [5.74, 6) is 2.44. The summed E-state index contributed by atoms with van der Waals surface area (Å²) >= 11 is 1.80. The predicted octanol–water partition coefficient (Wildman–Crippen LogP) is 3.05. The smallest absolute Gasteiger partial charge is 0.194 e. The summed E-state index contributed by atoms with van der Waals surface area (Å²) in [6.07, 6.45) is 0. The number of nitrogens with zero attached hydrogens (tertiary/aromatic N) is 3. The Morgan fingerprint density at radius 3 is 2.56 bits per heavy atom. The monoisotopic (exact) mass is 388 g/mol. The van der Waals surface area contributed by atoms with Crippen molar-refractivity contribution in [3.05, 3.63) is 41.3 Å². The molecule has 0 aliphatic carbocycles. The molecule has 0 amide bonds. The number of piperazine rings is 1. The van der Waals surface area contributed by atoms with Crippen molar-refractivity contribution >= 4 is 22.3 Å². The maximum atomic E-state index is 5.53. The predicted molar refractivity (Wildman–Crippen MR) is 112 cm³/mol. The number of aliphatic imine (C=N–C) groups is 1. The third kappa shape index (κ3) is 4.66. The third-order valence-corrected chi connectivity index (χ3v) is 5.54. The highest BCUT2D eigenvalue weighted by molar-refractivity contribution is 7.14. The van der Waals surface area contributed by atoms with Gasteiger partial charge in [0.05, 0.1) is 25.8 Å². The van der Waals surface area contributed by atoms with Crippen LogP contribution in [0.15, 0.2) is 40.7 Å². The number of rotatable bonds is 6. The minimum atomic E-state index is 0.549. The SMILES string of the molecule is CCNC(=NCc1cccc(OC)c1OC)N1CCN(c2cccs2)CC1. The van der Waals surface area contributed by atoms with Crippen LogP contribution in [-0.4, -0.2) is 57.8 Å². The molecule has 0 spiro atoms. The molecule has 7 heteroatoms. The van der Waals surface area contributed by atoms with Crippen LogP contribution in [0.1, 0.15) is 12.5 Å². The molecule has 27 heavy (non-hydrogen) atoms. The fourth-order valence-corrected chi connectivity index (χ4v) is 4.04. The Morgan fingerprint density at radius 1 is 1.11 bits per heavy atom. The van der Waals surface area contributed by atoms with Gasteiger partial charge in [0.1, 0.15) is 0 Å². The number of methoxy groups -OCH3 is 2. The Hall–Kier alpha value is -2.41. The van der Waals surface area contributed by atoms with Crippen molar-refractivity contribution in [2.45, 2.75) is 13.5 Å². The van der Waals surface area contributed by atoms with Gasteiger partial charge >= 0.3 is 0 Å². The topological polar surface area (TPSA) is 49.3 Å². The van der Waals surface area contributed by atoms with Gasteiger partial charge in [-0.05, 0) is 30.5 Å². The van der Waals surface area contributed by atoms with Crippen molar-refractivity contribution in [3.63, 3.8) is 0 Å². The number of benzene rings is 1. The highest BCUT2D eigenvalue weighted by Gasteiger charge is 2.20. The third-order valence-electron chi connectivity index (χ3n) is 4.62. The summed E-state index contributed by atoms with van der Waals surface area (Å²) < 4.78 is 10.9. The second-order valence-corrected chi connectivity index (χ2v) is 7.17. The normalized spacial score (nSPS) is 15.0. The molecular formula is C20H28N4O2S. The fraction of sp³-hybridized carbons (Fsp3) is 0.450. The lowest BCUT2D eigenvalue weighted by atomic mass is 10.2. The lowest BCUT2D eigenvalue weighted by Crippen LogP contribution is -2.52. The van der Waals surface area contributed by atoms with E-state index in [-0.39, 0.29) is 0 Å². The van der Waals surface area contributed by atoms with Gasteiger partial charge in [0.25, 0.3) is 0 Å². The summed E-state index contributed by atoms with van der Waals surface area (Å²) in [5, 5.41) is 6.90. The number of nitrogens with one attached hydrogen (secondary N) is 1. The highest BCUT2D eigenvalue weighted by Crippen LogP contribution is 2.31. The second kappa shape index (κ2) is 9.50. The number of anilines is 1. The van der Waals surface area contributed by atoms with Crippen LogP contribution in [0.4, 0.5) is 5.00 Å². The standard InChI is InChI=1S/C20H28N4O2S/c1-4-21-20(22-15-16-7-5-8-17(25-2)19(16)26-3)24-12-10-23(11-13-24)18-9-6-14-27-18/h5-9,14H,4,10-13,15H2,1-3H3,(H,21,22). The second-order valence-electron chi connectivity index (χ2n) is 6.25. The van der Waals surface area contributed by atoms with Crippen LogP contribution >= 0.6 is 11.3 Å². The quantitative estimate of drug-likeness (QED) is 0.609. The van der Waals surface area contributed by atoms with E-state index in [2.05, 4.69) is 39.6 Å². The minimum Gasteiger partial charge on any atom is -0.493 e. The average molecular weight is 389 g/mol. The molecule has 2 heterocycles. The average Bonchev–Trinajstić information content (AvgIpc) is 3.25. The number of guanidine groups is 1.